The van der Waals surface area contributed by atoms with Gasteiger partial charge in [-0.05, 0) is 6.42 Å². The van der Waals surface area contributed by atoms with E-state index in [2.05, 4.69) is 6.92 Å². The first kappa shape index (κ1) is 15.4. The fourth-order valence-electron chi connectivity index (χ4n) is 1.86. The molecule has 3 heteroatoms. The molecule has 0 aromatic carbocycles. The van der Waals surface area contributed by atoms with Crippen molar-refractivity contribution < 1.29 is 4.92 Å². The first-order valence-corrected chi connectivity index (χ1v) is 6.82. The highest BCUT2D eigenvalue weighted by Crippen LogP contribution is 2.11. The quantitative estimate of drug-likeness (QED) is 0.296. The number of nitro groups is 1. The molecule has 3 nitrogen and oxygen atoms in total. The second-order valence-corrected chi connectivity index (χ2v) is 4.75. The standard InChI is InChI=1S/C13H27NO2/c1-3-4-5-6-7-8-9-10-11-12-13(2)14(15)16/h13H,3-12H2,1-2H3. The number of nitrogens with zero attached hydrogens (tertiary/aromatic N) is 1. The molecule has 0 radical (unpaired) electrons. The second-order valence-electron chi connectivity index (χ2n) is 4.75. The maximum absolute atomic E-state index is 10.4. The van der Waals surface area contributed by atoms with Crippen molar-refractivity contribution >= 4 is 0 Å². The summed E-state index contributed by atoms with van der Waals surface area (Å²) in [5.41, 5.74) is 0. The van der Waals surface area contributed by atoms with Crippen molar-refractivity contribution in [1.82, 2.24) is 0 Å². The minimum atomic E-state index is -0.357. The van der Waals surface area contributed by atoms with E-state index in [0.717, 1.165) is 19.3 Å². The van der Waals surface area contributed by atoms with Crippen molar-refractivity contribution in [3.8, 4) is 0 Å². The minimum absolute atomic E-state index is 0.176. The third kappa shape index (κ3) is 9.94. The molecule has 16 heavy (non-hydrogen) atoms. The summed E-state index contributed by atoms with van der Waals surface area (Å²) in [6, 6.07) is -0.357. The summed E-state index contributed by atoms with van der Waals surface area (Å²) in [6.07, 6.45) is 12.2. The van der Waals surface area contributed by atoms with Gasteiger partial charge in [0.2, 0.25) is 6.04 Å². The number of unbranched alkanes of at least 4 members (excludes halogenated alkanes) is 8. The highest BCUT2D eigenvalue weighted by molar-refractivity contribution is 4.51. The summed E-state index contributed by atoms with van der Waals surface area (Å²) in [4.78, 5) is 10.2. The van der Waals surface area contributed by atoms with Crippen LogP contribution >= 0.6 is 0 Å². The zero-order chi connectivity index (χ0) is 12.2. The Labute approximate surface area is 99.8 Å². The van der Waals surface area contributed by atoms with E-state index in [9.17, 15) is 10.1 Å². The van der Waals surface area contributed by atoms with Gasteiger partial charge in [-0.15, -0.1) is 0 Å². The lowest BCUT2D eigenvalue weighted by Gasteiger charge is -2.03. The monoisotopic (exact) mass is 229 g/mol. The molecule has 0 aliphatic heterocycles. The molecule has 0 heterocycles. The minimum Gasteiger partial charge on any atom is -0.264 e. The van der Waals surface area contributed by atoms with Gasteiger partial charge in [-0.1, -0.05) is 58.3 Å². The number of hydrogen-bond acceptors (Lipinski definition) is 2. The zero-order valence-corrected chi connectivity index (χ0v) is 10.9. The smallest absolute Gasteiger partial charge is 0.210 e. The van der Waals surface area contributed by atoms with E-state index < -0.39 is 0 Å². The molecule has 1 atom stereocenters. The van der Waals surface area contributed by atoms with Crippen LogP contribution in [0, 0.1) is 10.1 Å². The maximum atomic E-state index is 10.4. The fourth-order valence-corrected chi connectivity index (χ4v) is 1.86. The lowest BCUT2D eigenvalue weighted by Crippen LogP contribution is -2.14. The van der Waals surface area contributed by atoms with Crippen molar-refractivity contribution in [2.75, 3.05) is 0 Å². The van der Waals surface area contributed by atoms with Crippen LogP contribution < -0.4 is 0 Å². The molecule has 0 aromatic rings. The summed E-state index contributed by atoms with van der Waals surface area (Å²) in [7, 11) is 0. The predicted molar refractivity (Wildman–Crippen MR) is 68.3 cm³/mol. The van der Waals surface area contributed by atoms with Gasteiger partial charge in [0.05, 0.1) is 0 Å². The fraction of sp³-hybridized carbons (Fsp3) is 1.00. The average Bonchev–Trinajstić information content (AvgIpc) is 2.26. The van der Waals surface area contributed by atoms with Crippen molar-refractivity contribution in [1.29, 1.82) is 0 Å². The van der Waals surface area contributed by atoms with Crippen LogP contribution in [0.1, 0.15) is 78.1 Å². The Morgan fingerprint density at radius 2 is 1.38 bits per heavy atom. The van der Waals surface area contributed by atoms with Crippen LogP contribution in [-0.2, 0) is 0 Å². The van der Waals surface area contributed by atoms with Crippen LogP contribution in [0.25, 0.3) is 0 Å². The van der Waals surface area contributed by atoms with Crippen LogP contribution in [0.15, 0.2) is 0 Å². The molecule has 96 valence electrons. The van der Waals surface area contributed by atoms with Gasteiger partial charge < -0.3 is 0 Å². The van der Waals surface area contributed by atoms with Gasteiger partial charge in [0.1, 0.15) is 0 Å². The van der Waals surface area contributed by atoms with Crippen LogP contribution in [0.3, 0.4) is 0 Å². The van der Waals surface area contributed by atoms with Crippen LogP contribution in [0.5, 0.6) is 0 Å². The SMILES string of the molecule is CCCCCCCCCCCC(C)[N+](=O)[O-]. The summed E-state index contributed by atoms with van der Waals surface area (Å²) in [5.74, 6) is 0. The molecule has 0 saturated carbocycles. The Kier molecular flexibility index (Phi) is 10.5. The topological polar surface area (TPSA) is 43.1 Å². The first-order valence-electron chi connectivity index (χ1n) is 6.82. The normalized spacial score (nSPS) is 12.6. The third-order valence-corrected chi connectivity index (χ3v) is 3.09. The summed E-state index contributed by atoms with van der Waals surface area (Å²) in [6.45, 7) is 3.93. The lowest BCUT2D eigenvalue weighted by atomic mass is 10.1. The summed E-state index contributed by atoms with van der Waals surface area (Å²) < 4.78 is 0. The Balaban J connectivity index is 3.07. The van der Waals surface area contributed by atoms with Gasteiger partial charge in [0.25, 0.3) is 0 Å². The van der Waals surface area contributed by atoms with E-state index in [1.54, 1.807) is 6.92 Å². The molecule has 0 amide bonds. The van der Waals surface area contributed by atoms with E-state index in [1.165, 1.54) is 44.9 Å². The molecule has 0 spiro atoms. The van der Waals surface area contributed by atoms with Crippen LogP contribution in [0.4, 0.5) is 0 Å². The zero-order valence-electron chi connectivity index (χ0n) is 10.9. The van der Waals surface area contributed by atoms with E-state index in [4.69, 9.17) is 0 Å². The van der Waals surface area contributed by atoms with Gasteiger partial charge >= 0.3 is 0 Å². The number of hydrogen-bond donors (Lipinski definition) is 0. The third-order valence-electron chi connectivity index (χ3n) is 3.09. The average molecular weight is 229 g/mol. The molecular weight excluding hydrogens is 202 g/mol. The van der Waals surface area contributed by atoms with E-state index in [-0.39, 0.29) is 11.0 Å². The molecule has 0 aliphatic rings. The molecule has 0 fully saturated rings. The number of rotatable bonds is 11. The highest BCUT2D eigenvalue weighted by Gasteiger charge is 2.10. The molecule has 0 N–H and O–H groups in total. The van der Waals surface area contributed by atoms with Gasteiger partial charge in [-0.3, -0.25) is 10.1 Å². The van der Waals surface area contributed by atoms with Gasteiger partial charge in [-0.25, -0.2) is 0 Å². The molecule has 0 aromatic heterocycles. The Hall–Kier alpha value is -0.600. The van der Waals surface area contributed by atoms with Crippen molar-refractivity contribution in [2.24, 2.45) is 0 Å². The Morgan fingerprint density at radius 1 is 0.938 bits per heavy atom. The van der Waals surface area contributed by atoms with E-state index >= 15 is 0 Å². The Bertz CT molecular complexity index is 171. The first-order chi connectivity index (χ1) is 7.68. The van der Waals surface area contributed by atoms with Gasteiger partial charge in [0.15, 0.2) is 0 Å². The molecule has 0 bridgehead atoms. The van der Waals surface area contributed by atoms with E-state index in [0.29, 0.717) is 0 Å². The van der Waals surface area contributed by atoms with Crippen LogP contribution in [-0.4, -0.2) is 11.0 Å². The molecule has 0 aliphatic carbocycles. The maximum Gasteiger partial charge on any atom is 0.210 e. The predicted octanol–water partition coefficient (Wildman–Crippen LogP) is 4.57. The largest absolute Gasteiger partial charge is 0.264 e. The summed E-state index contributed by atoms with van der Waals surface area (Å²) in [5, 5.41) is 10.4. The van der Waals surface area contributed by atoms with Crippen molar-refractivity contribution in [2.45, 2.75) is 84.1 Å². The van der Waals surface area contributed by atoms with E-state index in [1.807, 2.05) is 0 Å². The Morgan fingerprint density at radius 3 is 1.81 bits per heavy atom. The molecule has 0 saturated heterocycles. The lowest BCUT2D eigenvalue weighted by molar-refractivity contribution is -0.519. The second kappa shape index (κ2) is 10.9. The van der Waals surface area contributed by atoms with Gasteiger partial charge in [0, 0.05) is 18.3 Å². The highest BCUT2D eigenvalue weighted by atomic mass is 16.6. The van der Waals surface area contributed by atoms with Crippen molar-refractivity contribution in [3.05, 3.63) is 10.1 Å². The molecular formula is C13H27NO2. The summed E-state index contributed by atoms with van der Waals surface area (Å²) >= 11 is 0. The molecule has 0 rings (SSSR count). The van der Waals surface area contributed by atoms with Crippen LogP contribution in [0.2, 0.25) is 0 Å². The van der Waals surface area contributed by atoms with Crippen molar-refractivity contribution in [3.63, 3.8) is 0 Å². The van der Waals surface area contributed by atoms with Gasteiger partial charge in [-0.2, -0.15) is 0 Å². The molecule has 1 unspecified atom stereocenters.